The second kappa shape index (κ2) is 8.61. The van der Waals surface area contributed by atoms with Gasteiger partial charge in [-0.05, 0) is 25.3 Å². The van der Waals surface area contributed by atoms with Crippen molar-refractivity contribution >= 4 is 23.4 Å². The Bertz CT molecular complexity index is 897. The van der Waals surface area contributed by atoms with E-state index in [4.69, 9.17) is 26.1 Å². The van der Waals surface area contributed by atoms with E-state index in [2.05, 4.69) is 11.6 Å². The number of anilines is 1. The topological polar surface area (TPSA) is 64.5 Å². The van der Waals surface area contributed by atoms with E-state index < -0.39 is 5.97 Å². The molecule has 1 aliphatic carbocycles. The molecule has 0 atom stereocenters. The first-order valence-electron chi connectivity index (χ1n) is 9.14. The average molecular weight is 402 g/mol. The zero-order chi connectivity index (χ0) is 20.3. The van der Waals surface area contributed by atoms with Gasteiger partial charge in [0.2, 0.25) is 0 Å². The highest BCUT2D eigenvalue weighted by molar-refractivity contribution is 6.35. The molecule has 0 radical (unpaired) electrons. The summed E-state index contributed by atoms with van der Waals surface area (Å²) in [6.07, 6.45) is 3.79. The minimum absolute atomic E-state index is 0.0985. The lowest BCUT2D eigenvalue weighted by Gasteiger charge is -2.25. The fourth-order valence-corrected chi connectivity index (χ4v) is 3.42. The fraction of sp³-hybridized carbons (Fsp3) is 0.381. The van der Waals surface area contributed by atoms with E-state index in [0.717, 1.165) is 29.7 Å². The highest BCUT2D eigenvalue weighted by Gasteiger charge is 2.31. The summed E-state index contributed by atoms with van der Waals surface area (Å²) in [5.74, 6) is 1.64. The number of aromatic nitrogens is 2. The predicted molar refractivity (Wildman–Crippen MR) is 109 cm³/mol. The van der Waals surface area contributed by atoms with Crippen LogP contribution < -0.4 is 9.64 Å². The molecule has 1 saturated carbocycles. The summed E-state index contributed by atoms with van der Waals surface area (Å²) in [5, 5.41) is 0.185. The van der Waals surface area contributed by atoms with E-state index in [0.29, 0.717) is 24.7 Å². The number of esters is 1. The van der Waals surface area contributed by atoms with Crippen LogP contribution in [0.3, 0.4) is 0 Å². The summed E-state index contributed by atoms with van der Waals surface area (Å²) in [6, 6.07) is 5.98. The monoisotopic (exact) mass is 401 g/mol. The van der Waals surface area contributed by atoms with Gasteiger partial charge in [-0.2, -0.15) is 0 Å². The Kier molecular flexibility index (Phi) is 6.19. The Morgan fingerprint density at radius 3 is 2.71 bits per heavy atom. The maximum absolute atomic E-state index is 12.2. The number of carbonyl (C=O) groups excluding carboxylic acids is 1. The Balaban J connectivity index is 2.06. The SMILES string of the molecule is C=CCN(Cc1cccc(C)c1OC)c1nc(C2CC2)nc(C(=O)OC)c1Cl. The van der Waals surface area contributed by atoms with Gasteiger partial charge in [0.25, 0.3) is 0 Å². The van der Waals surface area contributed by atoms with Crippen LogP contribution in [0.15, 0.2) is 30.9 Å². The average Bonchev–Trinajstić information content (AvgIpc) is 3.53. The zero-order valence-corrected chi connectivity index (χ0v) is 17.1. The van der Waals surface area contributed by atoms with Crippen molar-refractivity contribution in [3.05, 3.63) is 58.5 Å². The highest BCUT2D eigenvalue weighted by atomic mass is 35.5. The van der Waals surface area contributed by atoms with Crippen molar-refractivity contribution < 1.29 is 14.3 Å². The molecule has 1 aromatic carbocycles. The van der Waals surface area contributed by atoms with Crippen LogP contribution in [0.5, 0.6) is 5.75 Å². The summed E-state index contributed by atoms with van der Waals surface area (Å²) < 4.78 is 10.4. The first-order chi connectivity index (χ1) is 13.5. The van der Waals surface area contributed by atoms with Crippen molar-refractivity contribution in [3.8, 4) is 5.75 Å². The lowest BCUT2D eigenvalue weighted by Crippen LogP contribution is -2.26. The van der Waals surface area contributed by atoms with Crippen LogP contribution in [0, 0.1) is 6.92 Å². The van der Waals surface area contributed by atoms with E-state index in [1.807, 2.05) is 30.0 Å². The number of methoxy groups -OCH3 is 2. The van der Waals surface area contributed by atoms with Gasteiger partial charge in [-0.15, -0.1) is 6.58 Å². The molecule has 3 rings (SSSR count). The number of aryl methyl sites for hydroxylation is 1. The molecule has 7 heteroatoms. The molecule has 0 spiro atoms. The third-order valence-electron chi connectivity index (χ3n) is 4.68. The van der Waals surface area contributed by atoms with Gasteiger partial charge in [0.05, 0.1) is 14.2 Å². The van der Waals surface area contributed by atoms with E-state index >= 15 is 0 Å². The van der Waals surface area contributed by atoms with Crippen LogP contribution >= 0.6 is 11.6 Å². The second-order valence-corrected chi connectivity index (χ2v) is 7.15. The molecule has 0 saturated heterocycles. The molecular formula is C21H24ClN3O3. The van der Waals surface area contributed by atoms with Gasteiger partial charge in [-0.3, -0.25) is 0 Å². The Morgan fingerprint density at radius 1 is 1.36 bits per heavy atom. The van der Waals surface area contributed by atoms with Crippen molar-refractivity contribution in [1.82, 2.24) is 9.97 Å². The lowest BCUT2D eigenvalue weighted by atomic mass is 10.1. The molecule has 0 N–H and O–H groups in total. The van der Waals surface area contributed by atoms with Crippen LogP contribution in [-0.2, 0) is 11.3 Å². The summed E-state index contributed by atoms with van der Waals surface area (Å²) in [4.78, 5) is 23.2. The lowest BCUT2D eigenvalue weighted by molar-refractivity contribution is 0.0593. The molecule has 0 amide bonds. The molecule has 28 heavy (non-hydrogen) atoms. The Hall–Kier alpha value is -2.60. The largest absolute Gasteiger partial charge is 0.496 e. The first-order valence-corrected chi connectivity index (χ1v) is 9.52. The quantitative estimate of drug-likeness (QED) is 0.485. The van der Waals surface area contributed by atoms with Gasteiger partial charge in [-0.25, -0.2) is 14.8 Å². The number of carbonyl (C=O) groups is 1. The molecule has 1 fully saturated rings. The Morgan fingerprint density at radius 2 is 2.11 bits per heavy atom. The van der Waals surface area contributed by atoms with Crippen molar-refractivity contribution in [2.24, 2.45) is 0 Å². The first kappa shape index (κ1) is 20.1. The van der Waals surface area contributed by atoms with Gasteiger partial charge >= 0.3 is 5.97 Å². The van der Waals surface area contributed by atoms with Crippen LogP contribution in [0.1, 0.15) is 46.2 Å². The van der Waals surface area contributed by atoms with Crippen molar-refractivity contribution in [2.75, 3.05) is 25.7 Å². The second-order valence-electron chi connectivity index (χ2n) is 6.77. The molecule has 1 aliphatic rings. The van der Waals surface area contributed by atoms with Crippen molar-refractivity contribution in [3.63, 3.8) is 0 Å². The number of hydrogen-bond donors (Lipinski definition) is 0. The normalized spacial score (nSPS) is 13.1. The van der Waals surface area contributed by atoms with E-state index in [1.165, 1.54) is 7.11 Å². The Labute approximate surface area is 170 Å². The summed E-state index contributed by atoms with van der Waals surface area (Å²) in [5.41, 5.74) is 2.13. The van der Waals surface area contributed by atoms with Gasteiger partial charge < -0.3 is 14.4 Å². The molecule has 0 unspecified atom stereocenters. The number of halogens is 1. The zero-order valence-electron chi connectivity index (χ0n) is 16.4. The van der Waals surface area contributed by atoms with Crippen LogP contribution in [-0.4, -0.2) is 36.7 Å². The minimum Gasteiger partial charge on any atom is -0.496 e. The number of benzene rings is 1. The maximum atomic E-state index is 12.2. The molecule has 1 aromatic heterocycles. The molecule has 2 aromatic rings. The molecule has 0 aliphatic heterocycles. The van der Waals surface area contributed by atoms with Crippen molar-refractivity contribution in [1.29, 1.82) is 0 Å². The molecule has 6 nitrogen and oxygen atoms in total. The number of rotatable bonds is 8. The van der Waals surface area contributed by atoms with Gasteiger partial charge in [0.15, 0.2) is 11.5 Å². The van der Waals surface area contributed by atoms with Crippen molar-refractivity contribution in [2.45, 2.75) is 32.2 Å². The number of hydrogen-bond acceptors (Lipinski definition) is 6. The van der Waals surface area contributed by atoms with Crippen LogP contribution in [0.25, 0.3) is 0 Å². The summed E-state index contributed by atoms with van der Waals surface area (Å²) in [7, 11) is 2.97. The van der Waals surface area contributed by atoms with Crippen LogP contribution in [0.2, 0.25) is 5.02 Å². The van der Waals surface area contributed by atoms with Crippen LogP contribution in [0.4, 0.5) is 5.82 Å². The van der Waals surface area contributed by atoms with Gasteiger partial charge in [-0.1, -0.05) is 35.9 Å². The maximum Gasteiger partial charge on any atom is 0.358 e. The third kappa shape index (κ3) is 4.12. The standard InChI is InChI=1S/C21H24ClN3O3/c1-5-11-25(12-15-8-6-7-13(2)18(15)27-3)20-16(22)17(21(26)28-4)23-19(24-20)14-9-10-14/h5-8,14H,1,9-12H2,2-4H3. The molecular weight excluding hydrogens is 378 g/mol. The van der Waals surface area contributed by atoms with E-state index in [1.54, 1.807) is 13.2 Å². The number of ether oxygens (including phenoxy) is 2. The third-order valence-corrected chi connectivity index (χ3v) is 5.03. The minimum atomic E-state index is -0.567. The summed E-state index contributed by atoms with van der Waals surface area (Å²) >= 11 is 6.55. The van der Waals surface area contributed by atoms with Gasteiger partial charge in [0.1, 0.15) is 16.6 Å². The van der Waals surface area contributed by atoms with Gasteiger partial charge in [0, 0.05) is 24.6 Å². The smallest absolute Gasteiger partial charge is 0.358 e. The van der Waals surface area contributed by atoms with E-state index in [-0.39, 0.29) is 16.6 Å². The van der Waals surface area contributed by atoms with E-state index in [9.17, 15) is 4.79 Å². The fourth-order valence-electron chi connectivity index (χ4n) is 3.13. The molecule has 1 heterocycles. The number of nitrogens with zero attached hydrogens (tertiary/aromatic N) is 3. The molecule has 0 bridgehead atoms. The summed E-state index contributed by atoms with van der Waals surface area (Å²) in [6.45, 7) is 6.85. The predicted octanol–water partition coefficient (Wildman–Crippen LogP) is 4.30. The highest BCUT2D eigenvalue weighted by Crippen LogP contribution is 2.40. The number of para-hydroxylation sites is 1. The molecule has 148 valence electrons.